The van der Waals surface area contributed by atoms with Gasteiger partial charge < -0.3 is 4.74 Å². The van der Waals surface area contributed by atoms with Crippen LogP contribution in [0.1, 0.15) is 0 Å². The Hall–Kier alpha value is -0.720. The van der Waals surface area contributed by atoms with Crippen LogP contribution in [0, 0.1) is 0 Å². The molecule has 13 heavy (non-hydrogen) atoms. The number of benzene rings is 1. The van der Waals surface area contributed by atoms with E-state index in [-0.39, 0.29) is 4.90 Å². The smallest absolute Gasteiger partial charge is 0.249 e. The molecule has 72 valence electrons. The highest BCUT2D eigenvalue weighted by Gasteiger charge is 2.10. The maximum absolute atomic E-state index is 11.2. The first kappa shape index (κ1) is 10.4. The van der Waals surface area contributed by atoms with Crippen LogP contribution in [0.3, 0.4) is 0 Å². The van der Waals surface area contributed by atoms with Gasteiger partial charge >= 0.3 is 0 Å². The maximum Gasteiger partial charge on any atom is 0.249 e. The van der Waals surface area contributed by atoms with Crippen LogP contribution in [0.2, 0.25) is 0 Å². The van der Waals surface area contributed by atoms with Gasteiger partial charge in [0.05, 0.1) is 12.0 Å². The molecule has 0 aliphatic heterocycles. The van der Waals surface area contributed by atoms with E-state index in [1.54, 1.807) is 12.1 Å². The van der Waals surface area contributed by atoms with Gasteiger partial charge in [-0.05, 0) is 24.3 Å². The lowest BCUT2D eigenvalue weighted by molar-refractivity contribution is 0.414. The summed E-state index contributed by atoms with van der Waals surface area (Å²) >= 11 is 3.49. The van der Waals surface area contributed by atoms with Gasteiger partial charge in [-0.2, -0.15) is 4.13 Å². The SMILES string of the molecule is COc1ccc(S(=O)(=O)NS)cc1. The number of methoxy groups -OCH3 is 1. The molecule has 0 radical (unpaired) electrons. The molecule has 0 atom stereocenters. The number of rotatable bonds is 3. The molecule has 0 saturated heterocycles. The van der Waals surface area contributed by atoms with Crippen molar-refractivity contribution in [3.8, 4) is 5.75 Å². The van der Waals surface area contributed by atoms with Crippen molar-refractivity contribution in [1.29, 1.82) is 0 Å². The second-order valence-electron chi connectivity index (χ2n) is 2.27. The minimum absolute atomic E-state index is 0.156. The van der Waals surface area contributed by atoms with Gasteiger partial charge in [0.2, 0.25) is 10.0 Å². The Labute approximate surface area is 82.5 Å². The lowest BCUT2D eigenvalue weighted by atomic mass is 10.3. The predicted octanol–water partition coefficient (Wildman–Crippen LogP) is 0.818. The molecule has 1 N–H and O–H groups in total. The molecule has 0 unspecified atom stereocenters. The van der Waals surface area contributed by atoms with Crippen molar-refractivity contribution >= 4 is 22.8 Å². The molecule has 1 rings (SSSR count). The van der Waals surface area contributed by atoms with Crippen LogP contribution in [0.5, 0.6) is 5.75 Å². The topological polar surface area (TPSA) is 55.4 Å². The lowest BCUT2D eigenvalue weighted by Gasteiger charge is -2.02. The summed E-state index contributed by atoms with van der Waals surface area (Å²) in [5, 5.41) is 0. The van der Waals surface area contributed by atoms with Crippen LogP contribution in [0.4, 0.5) is 0 Å². The minimum Gasteiger partial charge on any atom is -0.497 e. The van der Waals surface area contributed by atoms with Crippen molar-refractivity contribution in [2.24, 2.45) is 0 Å². The second kappa shape index (κ2) is 3.99. The molecule has 0 amide bonds. The van der Waals surface area contributed by atoms with E-state index in [1.165, 1.54) is 19.2 Å². The Kier molecular flexibility index (Phi) is 3.18. The number of hydrogen-bond donors (Lipinski definition) is 2. The van der Waals surface area contributed by atoms with Gasteiger partial charge in [-0.15, -0.1) is 0 Å². The molecular formula is C7H9NO3S2. The Morgan fingerprint density at radius 3 is 2.23 bits per heavy atom. The van der Waals surface area contributed by atoms with E-state index in [0.717, 1.165) is 0 Å². The molecular weight excluding hydrogens is 210 g/mol. The van der Waals surface area contributed by atoms with Gasteiger partial charge in [0.25, 0.3) is 0 Å². The zero-order valence-electron chi connectivity index (χ0n) is 6.89. The average molecular weight is 219 g/mol. The van der Waals surface area contributed by atoms with Gasteiger partial charge in [0.1, 0.15) is 5.75 Å². The molecule has 0 spiro atoms. The first-order valence-electron chi connectivity index (χ1n) is 3.40. The monoisotopic (exact) mass is 219 g/mol. The molecule has 0 heterocycles. The maximum atomic E-state index is 11.2. The van der Waals surface area contributed by atoms with Crippen molar-refractivity contribution in [3.05, 3.63) is 24.3 Å². The number of thiol groups is 1. The summed E-state index contributed by atoms with van der Waals surface area (Å²) in [7, 11) is -1.95. The van der Waals surface area contributed by atoms with Gasteiger partial charge in [-0.3, -0.25) is 0 Å². The molecule has 4 nitrogen and oxygen atoms in total. The Bertz CT molecular complexity index is 371. The lowest BCUT2D eigenvalue weighted by Crippen LogP contribution is -2.13. The van der Waals surface area contributed by atoms with Crippen molar-refractivity contribution in [2.45, 2.75) is 4.90 Å². The molecule has 0 bridgehead atoms. The van der Waals surface area contributed by atoms with Crippen LogP contribution in [0.15, 0.2) is 29.2 Å². The van der Waals surface area contributed by atoms with E-state index in [1.807, 2.05) is 4.13 Å². The highest BCUT2D eigenvalue weighted by molar-refractivity contribution is 8.00. The molecule has 0 aromatic heterocycles. The third kappa shape index (κ3) is 2.36. The van der Waals surface area contributed by atoms with Gasteiger partial charge in [0, 0.05) is 0 Å². The molecule has 0 saturated carbocycles. The summed E-state index contributed by atoms with van der Waals surface area (Å²) < 4.78 is 29.1. The molecule has 1 aromatic rings. The Morgan fingerprint density at radius 1 is 1.31 bits per heavy atom. The van der Waals surface area contributed by atoms with E-state index in [4.69, 9.17) is 4.74 Å². The number of hydrogen-bond acceptors (Lipinski definition) is 4. The molecule has 1 aromatic carbocycles. The number of nitrogens with one attached hydrogen (secondary N) is 1. The standard InChI is InChI=1S/C7H9NO3S2/c1-11-6-2-4-7(5-3-6)13(9,10)8-12/h2-5,8,12H,1H3. The van der Waals surface area contributed by atoms with E-state index in [0.29, 0.717) is 5.75 Å². The van der Waals surface area contributed by atoms with Crippen molar-refractivity contribution in [3.63, 3.8) is 0 Å². The average Bonchev–Trinajstić information content (AvgIpc) is 2.18. The zero-order valence-corrected chi connectivity index (χ0v) is 8.60. The summed E-state index contributed by atoms with van der Waals surface area (Å²) in [4.78, 5) is 0.156. The fourth-order valence-electron chi connectivity index (χ4n) is 0.808. The third-order valence-corrected chi connectivity index (χ3v) is 3.34. The van der Waals surface area contributed by atoms with Gasteiger partial charge in [-0.25, -0.2) is 8.42 Å². The minimum atomic E-state index is -3.46. The zero-order chi connectivity index (χ0) is 9.90. The summed E-state index contributed by atoms with van der Waals surface area (Å²) in [5.74, 6) is 0.609. The Morgan fingerprint density at radius 2 is 1.85 bits per heavy atom. The quantitative estimate of drug-likeness (QED) is 0.740. The molecule has 6 heteroatoms. The van der Waals surface area contributed by atoms with E-state index >= 15 is 0 Å². The van der Waals surface area contributed by atoms with Gasteiger partial charge in [0.15, 0.2) is 0 Å². The second-order valence-corrected chi connectivity index (χ2v) is 4.48. The van der Waals surface area contributed by atoms with Crippen LogP contribution in [-0.4, -0.2) is 15.5 Å². The molecule has 0 aliphatic rings. The third-order valence-electron chi connectivity index (χ3n) is 1.49. The van der Waals surface area contributed by atoms with E-state index in [2.05, 4.69) is 12.8 Å². The van der Waals surface area contributed by atoms with Crippen LogP contribution in [-0.2, 0) is 10.0 Å². The highest BCUT2D eigenvalue weighted by Crippen LogP contribution is 2.15. The summed E-state index contributed by atoms with van der Waals surface area (Å²) in [6, 6.07) is 6.02. The molecule has 0 aliphatic carbocycles. The predicted molar refractivity (Wildman–Crippen MR) is 52.3 cm³/mol. The first-order chi connectivity index (χ1) is 6.10. The largest absolute Gasteiger partial charge is 0.497 e. The Balaban J connectivity index is 3.06. The normalized spacial score (nSPS) is 11.2. The van der Waals surface area contributed by atoms with Crippen LogP contribution < -0.4 is 8.86 Å². The van der Waals surface area contributed by atoms with Crippen LogP contribution >= 0.6 is 12.8 Å². The van der Waals surface area contributed by atoms with Crippen molar-refractivity contribution < 1.29 is 13.2 Å². The number of ether oxygens (including phenoxy) is 1. The number of sulfonamides is 1. The van der Waals surface area contributed by atoms with E-state index < -0.39 is 10.0 Å². The first-order valence-corrected chi connectivity index (χ1v) is 5.33. The fraction of sp³-hybridized carbons (Fsp3) is 0.143. The van der Waals surface area contributed by atoms with Crippen molar-refractivity contribution in [1.82, 2.24) is 4.13 Å². The summed E-state index contributed by atoms with van der Waals surface area (Å²) in [5.41, 5.74) is 0. The van der Waals surface area contributed by atoms with Crippen molar-refractivity contribution in [2.75, 3.05) is 7.11 Å². The summed E-state index contributed by atoms with van der Waals surface area (Å²) in [6.45, 7) is 0. The fourth-order valence-corrected chi connectivity index (χ4v) is 1.72. The van der Waals surface area contributed by atoms with Gasteiger partial charge in [-0.1, -0.05) is 12.8 Å². The highest BCUT2D eigenvalue weighted by atomic mass is 32.3. The summed E-state index contributed by atoms with van der Waals surface area (Å²) in [6.07, 6.45) is 0. The van der Waals surface area contributed by atoms with E-state index in [9.17, 15) is 8.42 Å². The van der Waals surface area contributed by atoms with Crippen LogP contribution in [0.25, 0.3) is 0 Å². The molecule has 0 fully saturated rings.